The van der Waals surface area contributed by atoms with Gasteiger partial charge in [-0.15, -0.1) is 34.0 Å². The molecule has 5 heteroatoms. The third-order valence-corrected chi connectivity index (χ3v) is 13.8. The largest absolute Gasteiger partial charge is 0.308 e. The normalized spacial score (nSPS) is 11.7. The molecule has 0 aliphatic carbocycles. The molecule has 54 heavy (non-hydrogen) atoms. The number of fused-ring (bicyclic) bond motifs is 8. The Morgan fingerprint density at radius 2 is 1.04 bits per heavy atom. The average molecular weight is 743 g/mol. The second kappa shape index (κ2) is 12.8. The minimum absolute atomic E-state index is 1.01. The van der Waals surface area contributed by atoms with Gasteiger partial charge in [-0.3, -0.25) is 0 Å². The summed E-state index contributed by atoms with van der Waals surface area (Å²) >= 11 is 5.53. The fourth-order valence-corrected chi connectivity index (χ4v) is 11.4. The average Bonchev–Trinajstić information content (AvgIpc) is 3.96. The fraction of sp³-hybridized carbons (Fsp3) is 0. The van der Waals surface area contributed by atoms with E-state index in [2.05, 4.69) is 187 Å². The first kappa shape index (κ1) is 31.4. The summed E-state index contributed by atoms with van der Waals surface area (Å²) in [5.41, 5.74) is 10.2. The number of aromatic nitrogens is 1. The van der Waals surface area contributed by atoms with Gasteiger partial charge in [0.25, 0.3) is 0 Å². The highest BCUT2D eigenvalue weighted by Gasteiger charge is 2.23. The molecule has 0 N–H and O–H groups in total. The molecule has 0 aliphatic heterocycles. The summed E-state index contributed by atoms with van der Waals surface area (Å²) in [7, 11) is 0. The van der Waals surface area contributed by atoms with Crippen LogP contribution in [0.4, 0.5) is 17.1 Å². The Labute approximate surface area is 324 Å². The molecule has 11 rings (SSSR count). The van der Waals surface area contributed by atoms with E-state index in [1.54, 1.807) is 11.3 Å². The first-order chi connectivity index (χ1) is 26.8. The van der Waals surface area contributed by atoms with Crippen molar-refractivity contribution in [3.8, 4) is 32.8 Å². The summed E-state index contributed by atoms with van der Waals surface area (Å²) in [6.45, 7) is 0. The smallest absolute Gasteiger partial charge is 0.124 e. The minimum atomic E-state index is 1.01. The quantitative estimate of drug-likeness (QED) is 0.169. The molecule has 0 fully saturated rings. The van der Waals surface area contributed by atoms with Gasteiger partial charge in [-0.1, -0.05) is 140 Å². The first-order valence-corrected chi connectivity index (χ1v) is 20.5. The zero-order valence-corrected chi connectivity index (χ0v) is 31.4. The molecule has 0 saturated heterocycles. The Kier molecular flexibility index (Phi) is 7.44. The predicted molar refractivity (Wildman–Crippen MR) is 236 cm³/mol. The van der Waals surface area contributed by atoms with Crippen LogP contribution in [0.2, 0.25) is 0 Å². The van der Waals surface area contributed by atoms with E-state index in [0.717, 1.165) is 33.1 Å². The molecule has 254 valence electrons. The fourth-order valence-electron chi connectivity index (χ4n) is 7.78. The van der Waals surface area contributed by atoms with E-state index in [-0.39, 0.29) is 0 Å². The highest BCUT2D eigenvalue weighted by Crippen LogP contribution is 2.49. The van der Waals surface area contributed by atoms with Crippen molar-refractivity contribution in [2.75, 3.05) is 4.90 Å². The van der Waals surface area contributed by atoms with Crippen molar-refractivity contribution >= 4 is 102 Å². The van der Waals surface area contributed by atoms with Crippen LogP contribution in [0, 0.1) is 0 Å². The van der Waals surface area contributed by atoms with Crippen LogP contribution in [0.5, 0.6) is 0 Å². The summed E-state index contributed by atoms with van der Waals surface area (Å²) in [6, 6.07) is 65.9. The van der Waals surface area contributed by atoms with Crippen molar-refractivity contribution in [2.45, 2.75) is 0 Å². The van der Waals surface area contributed by atoms with Crippen molar-refractivity contribution in [3.05, 3.63) is 182 Å². The van der Waals surface area contributed by atoms with Gasteiger partial charge in [0.05, 0.1) is 10.4 Å². The number of hydrogen-bond donors (Lipinski definition) is 0. The van der Waals surface area contributed by atoms with Crippen molar-refractivity contribution in [2.24, 2.45) is 0 Å². The van der Waals surface area contributed by atoms with Crippen LogP contribution < -0.4 is 4.90 Å². The van der Waals surface area contributed by atoms with Crippen LogP contribution in [0.25, 0.3) is 83.4 Å². The van der Waals surface area contributed by atoms with Crippen molar-refractivity contribution in [1.29, 1.82) is 0 Å². The van der Waals surface area contributed by atoms with Gasteiger partial charge >= 0.3 is 0 Å². The van der Waals surface area contributed by atoms with Gasteiger partial charge in [0.1, 0.15) is 10.5 Å². The summed E-state index contributed by atoms with van der Waals surface area (Å²) in [5, 5.41) is 6.24. The van der Waals surface area contributed by atoms with E-state index in [9.17, 15) is 0 Å². The number of nitrogens with zero attached hydrogens (tertiary/aromatic N) is 2. The maximum Gasteiger partial charge on any atom is 0.124 e. The maximum absolute atomic E-state index is 5.47. The van der Waals surface area contributed by atoms with Gasteiger partial charge in [-0.05, 0) is 64.7 Å². The molecule has 0 spiro atoms. The highest BCUT2D eigenvalue weighted by atomic mass is 32.1. The van der Waals surface area contributed by atoms with Gasteiger partial charge in [-0.2, -0.15) is 0 Å². The van der Waals surface area contributed by atoms with Gasteiger partial charge in [-0.25, -0.2) is 4.98 Å². The van der Waals surface area contributed by atoms with Crippen LogP contribution in [-0.4, -0.2) is 4.98 Å². The number of hydrogen-bond acceptors (Lipinski definition) is 5. The Balaban J connectivity index is 1.15. The second-order valence-corrected chi connectivity index (χ2v) is 16.6. The molecule has 3 aromatic heterocycles. The van der Waals surface area contributed by atoms with Gasteiger partial charge in [0.2, 0.25) is 0 Å². The van der Waals surface area contributed by atoms with Crippen molar-refractivity contribution in [3.63, 3.8) is 0 Å². The molecule has 0 atom stereocenters. The molecule has 0 radical (unpaired) electrons. The monoisotopic (exact) mass is 742 g/mol. The lowest BCUT2D eigenvalue weighted by atomic mass is 10.0. The molecular weight excluding hydrogens is 713 g/mol. The highest BCUT2D eigenvalue weighted by molar-refractivity contribution is 7.28. The van der Waals surface area contributed by atoms with Crippen LogP contribution >= 0.6 is 34.0 Å². The van der Waals surface area contributed by atoms with E-state index < -0.39 is 0 Å². The third-order valence-electron chi connectivity index (χ3n) is 10.3. The SMILES string of the molecule is c1ccc(-c2cccc(N(c3ccc(-c4cccc5c4sc4ccccc45)cc3)c3cc4sc5ccccc5c4c4sc(-c5ccccc5)nc34)c2)cc1. The van der Waals surface area contributed by atoms with Crippen LogP contribution in [0.3, 0.4) is 0 Å². The molecule has 0 aliphatic rings. The lowest BCUT2D eigenvalue weighted by Crippen LogP contribution is -2.10. The standard InChI is InChI=1S/C49H30N2S3/c1-3-13-31(14-4-1)34-17-11-18-36(29-34)51(35-27-25-32(26-28-35)37-21-12-22-39-38-19-7-9-23-42(38)53-47(37)39)41-30-44-45(40-20-8-10-24-43(40)52-44)48-46(41)50-49(54-48)33-15-5-2-6-16-33/h1-30H. The van der Waals surface area contributed by atoms with E-state index in [4.69, 9.17) is 4.98 Å². The topological polar surface area (TPSA) is 16.1 Å². The predicted octanol–water partition coefficient (Wildman–Crippen LogP) is 15.5. The van der Waals surface area contributed by atoms with Crippen LogP contribution in [0.15, 0.2) is 182 Å². The van der Waals surface area contributed by atoms with Gasteiger partial charge < -0.3 is 4.90 Å². The second-order valence-electron chi connectivity index (χ2n) is 13.5. The van der Waals surface area contributed by atoms with E-state index >= 15 is 0 Å². The number of anilines is 3. The zero-order chi connectivity index (χ0) is 35.6. The number of thiazole rings is 1. The summed E-state index contributed by atoms with van der Waals surface area (Å²) in [6.07, 6.45) is 0. The Hall–Kier alpha value is -6.11. The molecule has 8 aromatic carbocycles. The maximum atomic E-state index is 5.47. The third kappa shape index (κ3) is 5.16. The summed E-state index contributed by atoms with van der Waals surface area (Å²) < 4.78 is 6.42. The molecule has 0 bridgehead atoms. The molecule has 2 nitrogen and oxygen atoms in total. The van der Waals surface area contributed by atoms with Crippen LogP contribution in [0.1, 0.15) is 0 Å². The van der Waals surface area contributed by atoms with Crippen molar-refractivity contribution in [1.82, 2.24) is 4.98 Å². The Morgan fingerprint density at radius 1 is 0.389 bits per heavy atom. The number of benzene rings is 8. The van der Waals surface area contributed by atoms with Gasteiger partial charge in [0.15, 0.2) is 0 Å². The molecular formula is C49H30N2S3. The van der Waals surface area contributed by atoms with E-state index in [1.807, 2.05) is 22.7 Å². The number of rotatable bonds is 6. The molecule has 0 unspecified atom stereocenters. The molecule has 0 amide bonds. The first-order valence-electron chi connectivity index (χ1n) is 18.0. The van der Waals surface area contributed by atoms with Crippen molar-refractivity contribution < 1.29 is 0 Å². The van der Waals surface area contributed by atoms with Crippen LogP contribution in [-0.2, 0) is 0 Å². The molecule has 0 saturated carbocycles. The van der Waals surface area contributed by atoms with E-state index in [1.165, 1.54) is 67.3 Å². The van der Waals surface area contributed by atoms with Gasteiger partial charge in [0, 0.05) is 57.3 Å². The zero-order valence-electron chi connectivity index (χ0n) is 28.9. The molecule has 11 aromatic rings. The molecule has 3 heterocycles. The Morgan fingerprint density at radius 3 is 1.83 bits per heavy atom. The number of thiophene rings is 2. The lowest BCUT2D eigenvalue weighted by Gasteiger charge is -2.27. The Bertz CT molecular complexity index is 3160. The lowest BCUT2D eigenvalue weighted by molar-refractivity contribution is 1.29. The minimum Gasteiger partial charge on any atom is -0.308 e. The summed E-state index contributed by atoms with van der Waals surface area (Å²) in [5.74, 6) is 0. The summed E-state index contributed by atoms with van der Waals surface area (Å²) in [4.78, 5) is 7.89. The van der Waals surface area contributed by atoms with E-state index in [0.29, 0.717) is 0 Å².